The molecule has 0 aliphatic heterocycles. The first-order valence-electron chi connectivity index (χ1n) is 5.52. The summed E-state index contributed by atoms with van der Waals surface area (Å²) in [6.45, 7) is 0. The van der Waals surface area contributed by atoms with Crippen molar-refractivity contribution in [3.8, 4) is 0 Å². The number of rotatable bonds is 6. The minimum Gasteiger partial charge on any atom is -0.348 e. The Morgan fingerprint density at radius 2 is 2.06 bits per heavy atom. The van der Waals surface area contributed by atoms with Crippen LogP contribution in [0.15, 0.2) is 24.3 Å². The average Bonchev–Trinajstić information content (AvgIpc) is 2.34. The Kier molecular flexibility index (Phi) is 5.64. The summed E-state index contributed by atoms with van der Waals surface area (Å²) < 4.78 is 0. The fourth-order valence-electron chi connectivity index (χ4n) is 1.37. The lowest BCUT2D eigenvalue weighted by molar-refractivity contribution is -0.385. The monoisotopic (exact) mass is 268 g/mol. The standard InChI is InChI=1S/C12H16N2O3S/c1-13(2)12(15)9-18-8-7-10-5-3-4-6-11(10)14(16)17/h3-6H,7-9H2,1-2H3. The average molecular weight is 268 g/mol. The van der Waals surface area contributed by atoms with Gasteiger partial charge in [-0.15, -0.1) is 0 Å². The third kappa shape index (κ3) is 4.37. The van der Waals surface area contributed by atoms with E-state index in [9.17, 15) is 14.9 Å². The van der Waals surface area contributed by atoms with Gasteiger partial charge in [0.1, 0.15) is 0 Å². The van der Waals surface area contributed by atoms with E-state index in [1.165, 1.54) is 22.7 Å². The Bertz CT molecular complexity index is 435. The summed E-state index contributed by atoms with van der Waals surface area (Å²) in [6.07, 6.45) is 0.600. The Hall–Kier alpha value is -1.56. The van der Waals surface area contributed by atoms with Gasteiger partial charge in [-0.1, -0.05) is 18.2 Å². The molecule has 0 bridgehead atoms. The van der Waals surface area contributed by atoms with Crippen LogP contribution in [-0.2, 0) is 11.2 Å². The summed E-state index contributed by atoms with van der Waals surface area (Å²) in [5.74, 6) is 1.17. The lowest BCUT2D eigenvalue weighted by Gasteiger charge is -2.09. The van der Waals surface area contributed by atoms with E-state index >= 15 is 0 Å². The number of hydrogen-bond donors (Lipinski definition) is 0. The van der Waals surface area contributed by atoms with Crippen LogP contribution in [0.2, 0.25) is 0 Å². The quantitative estimate of drug-likeness (QED) is 0.449. The maximum Gasteiger partial charge on any atom is 0.272 e. The smallest absolute Gasteiger partial charge is 0.272 e. The highest BCUT2D eigenvalue weighted by Crippen LogP contribution is 2.19. The third-order valence-corrected chi connectivity index (χ3v) is 3.37. The van der Waals surface area contributed by atoms with Crippen LogP contribution in [0.1, 0.15) is 5.56 Å². The highest BCUT2D eigenvalue weighted by atomic mass is 32.2. The molecule has 0 saturated heterocycles. The fraction of sp³-hybridized carbons (Fsp3) is 0.417. The maximum absolute atomic E-state index is 11.3. The Balaban J connectivity index is 2.45. The van der Waals surface area contributed by atoms with Crippen molar-refractivity contribution in [1.82, 2.24) is 4.90 Å². The van der Waals surface area contributed by atoms with Crippen molar-refractivity contribution in [2.24, 2.45) is 0 Å². The van der Waals surface area contributed by atoms with Crippen LogP contribution < -0.4 is 0 Å². The summed E-state index contributed by atoms with van der Waals surface area (Å²) in [7, 11) is 3.43. The minimum atomic E-state index is -0.370. The second-order valence-corrected chi connectivity index (χ2v) is 5.08. The van der Waals surface area contributed by atoms with Gasteiger partial charge in [0, 0.05) is 25.7 Å². The Morgan fingerprint density at radius 1 is 1.39 bits per heavy atom. The van der Waals surface area contributed by atoms with Gasteiger partial charge in [-0.25, -0.2) is 0 Å². The number of thioether (sulfide) groups is 1. The number of carbonyl (C=O) groups excluding carboxylic acids is 1. The van der Waals surface area contributed by atoms with E-state index in [-0.39, 0.29) is 16.5 Å². The molecule has 1 aromatic carbocycles. The van der Waals surface area contributed by atoms with Gasteiger partial charge < -0.3 is 4.90 Å². The van der Waals surface area contributed by atoms with E-state index in [4.69, 9.17) is 0 Å². The summed E-state index contributed by atoms with van der Waals surface area (Å²) in [6, 6.07) is 6.71. The molecule has 0 N–H and O–H groups in total. The van der Waals surface area contributed by atoms with Gasteiger partial charge in [0.05, 0.1) is 10.7 Å². The molecule has 18 heavy (non-hydrogen) atoms. The summed E-state index contributed by atoms with van der Waals surface area (Å²) in [5, 5.41) is 10.8. The topological polar surface area (TPSA) is 63.5 Å². The second kappa shape index (κ2) is 7.00. The van der Waals surface area contributed by atoms with Crippen LogP contribution in [0.4, 0.5) is 5.69 Å². The van der Waals surface area contributed by atoms with Crippen LogP contribution in [0.25, 0.3) is 0 Å². The number of amides is 1. The van der Waals surface area contributed by atoms with Gasteiger partial charge in [0.2, 0.25) is 5.91 Å². The van der Waals surface area contributed by atoms with E-state index in [1.54, 1.807) is 32.3 Å². The normalized spacial score (nSPS) is 10.1. The molecule has 98 valence electrons. The number of para-hydroxylation sites is 1. The number of nitro groups is 1. The zero-order valence-electron chi connectivity index (χ0n) is 10.5. The molecule has 1 aromatic rings. The molecule has 0 aliphatic carbocycles. The van der Waals surface area contributed by atoms with Crippen LogP contribution in [0, 0.1) is 10.1 Å². The zero-order chi connectivity index (χ0) is 13.5. The molecule has 5 nitrogen and oxygen atoms in total. The molecule has 0 unspecified atom stereocenters. The van der Waals surface area contributed by atoms with Crippen LogP contribution in [-0.4, -0.2) is 41.3 Å². The lowest BCUT2D eigenvalue weighted by Crippen LogP contribution is -2.23. The number of hydrogen-bond acceptors (Lipinski definition) is 4. The van der Waals surface area contributed by atoms with Gasteiger partial charge in [-0.3, -0.25) is 14.9 Å². The van der Waals surface area contributed by atoms with E-state index in [1.807, 2.05) is 0 Å². The molecule has 0 radical (unpaired) electrons. The number of benzene rings is 1. The Morgan fingerprint density at radius 3 is 2.67 bits per heavy atom. The highest BCUT2D eigenvalue weighted by molar-refractivity contribution is 7.99. The number of nitro benzene ring substituents is 1. The van der Waals surface area contributed by atoms with Gasteiger partial charge in [-0.2, -0.15) is 11.8 Å². The van der Waals surface area contributed by atoms with Crippen LogP contribution in [0.3, 0.4) is 0 Å². The number of nitrogens with zero attached hydrogens (tertiary/aromatic N) is 2. The zero-order valence-corrected chi connectivity index (χ0v) is 11.3. The predicted molar refractivity (Wildman–Crippen MR) is 72.8 cm³/mol. The molecule has 0 heterocycles. The van der Waals surface area contributed by atoms with Gasteiger partial charge in [0.15, 0.2) is 0 Å². The van der Waals surface area contributed by atoms with E-state index < -0.39 is 0 Å². The SMILES string of the molecule is CN(C)C(=O)CSCCc1ccccc1[N+](=O)[O-]. The molecular weight excluding hydrogens is 252 g/mol. The number of carbonyl (C=O) groups is 1. The lowest BCUT2D eigenvalue weighted by atomic mass is 10.1. The molecule has 6 heteroatoms. The van der Waals surface area contributed by atoms with E-state index in [0.29, 0.717) is 23.5 Å². The summed E-state index contributed by atoms with van der Waals surface area (Å²) in [5.41, 5.74) is 0.865. The second-order valence-electron chi connectivity index (χ2n) is 3.98. The van der Waals surface area contributed by atoms with Crippen molar-refractivity contribution in [1.29, 1.82) is 0 Å². The highest BCUT2D eigenvalue weighted by Gasteiger charge is 2.12. The molecule has 0 fully saturated rings. The third-order valence-electron chi connectivity index (χ3n) is 2.43. The molecular formula is C12H16N2O3S. The predicted octanol–water partition coefficient (Wildman–Crippen LogP) is 1.96. The number of aryl methyl sites for hydroxylation is 1. The first-order chi connectivity index (χ1) is 8.52. The largest absolute Gasteiger partial charge is 0.348 e. The van der Waals surface area contributed by atoms with Crippen molar-refractivity contribution in [3.63, 3.8) is 0 Å². The van der Waals surface area contributed by atoms with Crippen molar-refractivity contribution in [2.75, 3.05) is 25.6 Å². The van der Waals surface area contributed by atoms with Crippen molar-refractivity contribution >= 4 is 23.4 Å². The fourth-order valence-corrected chi connectivity index (χ4v) is 2.31. The molecule has 0 atom stereocenters. The van der Waals surface area contributed by atoms with Crippen molar-refractivity contribution in [2.45, 2.75) is 6.42 Å². The molecule has 1 amide bonds. The maximum atomic E-state index is 11.3. The van der Waals surface area contributed by atoms with Crippen molar-refractivity contribution in [3.05, 3.63) is 39.9 Å². The molecule has 0 aliphatic rings. The molecule has 0 aromatic heterocycles. The Labute approximate surface area is 110 Å². The molecule has 1 rings (SSSR count). The summed E-state index contributed by atoms with van der Waals surface area (Å²) in [4.78, 5) is 23.3. The summed E-state index contributed by atoms with van der Waals surface area (Å²) >= 11 is 1.49. The van der Waals surface area contributed by atoms with Crippen LogP contribution >= 0.6 is 11.8 Å². The molecule has 0 saturated carbocycles. The minimum absolute atomic E-state index is 0.0579. The molecule has 0 spiro atoms. The van der Waals surface area contributed by atoms with Gasteiger partial charge >= 0.3 is 0 Å². The first kappa shape index (κ1) is 14.5. The van der Waals surface area contributed by atoms with Gasteiger partial charge in [0.25, 0.3) is 5.69 Å². The van der Waals surface area contributed by atoms with Gasteiger partial charge in [-0.05, 0) is 12.2 Å². The van der Waals surface area contributed by atoms with Crippen LogP contribution in [0.5, 0.6) is 0 Å². The van der Waals surface area contributed by atoms with Crippen molar-refractivity contribution < 1.29 is 9.72 Å². The van der Waals surface area contributed by atoms with E-state index in [0.717, 1.165) is 0 Å². The van der Waals surface area contributed by atoms with E-state index in [2.05, 4.69) is 0 Å². The first-order valence-corrected chi connectivity index (χ1v) is 6.68.